The fourth-order valence-corrected chi connectivity index (χ4v) is 2.46. The van der Waals surface area contributed by atoms with E-state index in [0.29, 0.717) is 5.16 Å². The molecule has 1 aromatic heterocycles. The fraction of sp³-hybridized carbons (Fsp3) is 0.286. The van der Waals surface area contributed by atoms with Crippen molar-refractivity contribution in [3.63, 3.8) is 0 Å². The second-order valence-electron chi connectivity index (χ2n) is 4.63. The molecular weight excluding hydrogens is 316 g/mol. The van der Waals surface area contributed by atoms with Crippen LogP contribution in [-0.2, 0) is 16.0 Å². The number of thioether (sulfide) groups is 1. The molecule has 0 aliphatic carbocycles. The van der Waals surface area contributed by atoms with Crippen LogP contribution in [0.5, 0.6) is 0 Å². The van der Waals surface area contributed by atoms with Crippen LogP contribution in [0.2, 0.25) is 0 Å². The van der Waals surface area contributed by atoms with Gasteiger partial charge in [-0.25, -0.2) is 5.10 Å². The number of hydrogen-bond donors (Lipinski definition) is 4. The molecule has 1 heterocycles. The molecule has 0 unspecified atom stereocenters. The lowest BCUT2D eigenvalue weighted by Crippen LogP contribution is -2.34. The van der Waals surface area contributed by atoms with E-state index in [0.717, 1.165) is 29.4 Å². The van der Waals surface area contributed by atoms with Gasteiger partial charge in [0.2, 0.25) is 22.9 Å². The third-order valence-electron chi connectivity index (χ3n) is 2.93. The molecule has 0 aliphatic rings. The molecule has 2 amide bonds. The number of aryl methyl sites for hydroxylation is 1. The molecule has 0 saturated heterocycles. The molecule has 9 heteroatoms. The lowest BCUT2D eigenvalue weighted by Gasteiger charge is -2.10. The minimum Gasteiger partial charge on any atom is -0.368 e. The number of para-hydroxylation sites is 1. The minimum absolute atomic E-state index is 0.0897. The van der Waals surface area contributed by atoms with Crippen LogP contribution in [0, 0.1) is 0 Å². The quantitative estimate of drug-likeness (QED) is 0.555. The van der Waals surface area contributed by atoms with E-state index in [2.05, 4.69) is 25.8 Å². The topological polar surface area (TPSA) is 126 Å². The summed E-state index contributed by atoms with van der Waals surface area (Å²) in [6, 6.07) is 7.56. The largest absolute Gasteiger partial charge is 0.368 e. The summed E-state index contributed by atoms with van der Waals surface area (Å²) in [6.07, 6.45) is 0.819. The Balaban J connectivity index is 1.74. The van der Waals surface area contributed by atoms with Gasteiger partial charge < -0.3 is 16.4 Å². The van der Waals surface area contributed by atoms with Gasteiger partial charge in [-0.15, -0.1) is 5.10 Å². The molecule has 0 radical (unpaired) electrons. The zero-order chi connectivity index (χ0) is 16.7. The van der Waals surface area contributed by atoms with Crippen molar-refractivity contribution in [2.45, 2.75) is 18.5 Å². The maximum atomic E-state index is 11.9. The van der Waals surface area contributed by atoms with E-state index in [1.807, 2.05) is 31.2 Å². The number of nitrogens with zero attached hydrogens (tertiary/aromatic N) is 2. The fourth-order valence-electron chi connectivity index (χ4n) is 1.83. The molecule has 0 spiro atoms. The third-order valence-corrected chi connectivity index (χ3v) is 3.78. The number of aromatic nitrogens is 3. The Labute approximate surface area is 137 Å². The average Bonchev–Trinajstić information content (AvgIpc) is 2.97. The number of anilines is 2. The summed E-state index contributed by atoms with van der Waals surface area (Å²) in [5.74, 6) is -0.249. The van der Waals surface area contributed by atoms with Crippen molar-refractivity contribution in [3.8, 4) is 0 Å². The van der Waals surface area contributed by atoms with Gasteiger partial charge in [-0.3, -0.25) is 9.59 Å². The smallest absolute Gasteiger partial charge is 0.243 e. The minimum atomic E-state index is -0.280. The van der Waals surface area contributed by atoms with Crippen molar-refractivity contribution in [3.05, 3.63) is 29.8 Å². The predicted octanol–water partition coefficient (Wildman–Crippen LogP) is 0.796. The summed E-state index contributed by atoms with van der Waals surface area (Å²) in [4.78, 5) is 27.4. The number of aromatic amines is 1. The van der Waals surface area contributed by atoms with Crippen LogP contribution in [0.15, 0.2) is 29.4 Å². The highest BCUT2D eigenvalue weighted by molar-refractivity contribution is 7.99. The average molecular weight is 334 g/mol. The van der Waals surface area contributed by atoms with Crippen molar-refractivity contribution in [2.24, 2.45) is 0 Å². The second-order valence-corrected chi connectivity index (χ2v) is 5.57. The van der Waals surface area contributed by atoms with Crippen LogP contribution in [0.4, 0.5) is 11.6 Å². The van der Waals surface area contributed by atoms with Gasteiger partial charge >= 0.3 is 0 Å². The van der Waals surface area contributed by atoms with Gasteiger partial charge in [-0.05, 0) is 18.1 Å². The Morgan fingerprint density at radius 2 is 2.09 bits per heavy atom. The Morgan fingerprint density at radius 3 is 2.78 bits per heavy atom. The zero-order valence-corrected chi connectivity index (χ0v) is 13.4. The van der Waals surface area contributed by atoms with E-state index in [4.69, 9.17) is 5.73 Å². The molecule has 8 nitrogen and oxygen atoms in total. The summed E-state index contributed by atoms with van der Waals surface area (Å²) in [6.45, 7) is 1.92. The molecule has 1 aromatic carbocycles. The van der Waals surface area contributed by atoms with Gasteiger partial charge in [0, 0.05) is 5.69 Å². The molecule has 2 aromatic rings. The molecule has 0 saturated carbocycles. The SMILES string of the molecule is CCc1ccccc1NC(=O)CNC(=O)CSc1n[nH]c(N)n1. The molecule has 0 atom stereocenters. The number of benzene rings is 1. The first kappa shape index (κ1) is 16.8. The van der Waals surface area contributed by atoms with E-state index >= 15 is 0 Å². The highest BCUT2D eigenvalue weighted by Gasteiger charge is 2.09. The van der Waals surface area contributed by atoms with E-state index in [-0.39, 0.29) is 30.1 Å². The van der Waals surface area contributed by atoms with Crippen molar-refractivity contribution < 1.29 is 9.59 Å². The number of carbonyl (C=O) groups excluding carboxylic acids is 2. The second kappa shape index (κ2) is 8.18. The third kappa shape index (κ3) is 5.29. The number of amides is 2. The maximum absolute atomic E-state index is 11.9. The number of nitrogen functional groups attached to an aromatic ring is 1. The molecular formula is C14H18N6O2S. The van der Waals surface area contributed by atoms with Crippen molar-refractivity contribution in [1.82, 2.24) is 20.5 Å². The number of nitrogens with two attached hydrogens (primary N) is 1. The van der Waals surface area contributed by atoms with Gasteiger partial charge in [0.05, 0.1) is 12.3 Å². The van der Waals surface area contributed by atoms with Crippen LogP contribution in [0.1, 0.15) is 12.5 Å². The number of rotatable bonds is 7. The zero-order valence-electron chi connectivity index (χ0n) is 12.6. The maximum Gasteiger partial charge on any atom is 0.243 e. The lowest BCUT2D eigenvalue weighted by atomic mass is 10.1. The van der Waals surface area contributed by atoms with Crippen molar-refractivity contribution >= 4 is 35.2 Å². The summed E-state index contributed by atoms with van der Waals surface area (Å²) < 4.78 is 0. The van der Waals surface area contributed by atoms with Crippen molar-refractivity contribution in [2.75, 3.05) is 23.3 Å². The Morgan fingerprint density at radius 1 is 1.30 bits per heavy atom. The highest BCUT2D eigenvalue weighted by atomic mass is 32.2. The normalized spacial score (nSPS) is 10.3. The summed E-state index contributed by atoms with van der Waals surface area (Å²) in [5, 5.41) is 12.0. The lowest BCUT2D eigenvalue weighted by molar-refractivity contribution is -0.122. The Bertz CT molecular complexity index is 687. The number of hydrogen-bond acceptors (Lipinski definition) is 6. The number of H-pyrrole nitrogens is 1. The molecule has 0 fully saturated rings. The first-order valence-electron chi connectivity index (χ1n) is 7.03. The Kier molecular flexibility index (Phi) is 5.98. The van der Waals surface area contributed by atoms with Crippen LogP contribution in [-0.4, -0.2) is 39.3 Å². The molecule has 122 valence electrons. The highest BCUT2D eigenvalue weighted by Crippen LogP contribution is 2.15. The monoisotopic (exact) mass is 334 g/mol. The van der Waals surface area contributed by atoms with Gasteiger partial charge in [-0.1, -0.05) is 36.9 Å². The van der Waals surface area contributed by atoms with Crippen LogP contribution >= 0.6 is 11.8 Å². The molecule has 23 heavy (non-hydrogen) atoms. The van der Waals surface area contributed by atoms with Gasteiger partial charge in [0.15, 0.2) is 0 Å². The van der Waals surface area contributed by atoms with Crippen LogP contribution in [0.25, 0.3) is 0 Å². The predicted molar refractivity (Wildman–Crippen MR) is 89.0 cm³/mol. The first-order chi connectivity index (χ1) is 11.1. The summed E-state index contributed by atoms with van der Waals surface area (Å²) in [5.41, 5.74) is 7.19. The summed E-state index contributed by atoms with van der Waals surface area (Å²) in [7, 11) is 0. The number of carbonyl (C=O) groups is 2. The summed E-state index contributed by atoms with van der Waals surface area (Å²) >= 11 is 1.13. The van der Waals surface area contributed by atoms with Gasteiger partial charge in [-0.2, -0.15) is 4.98 Å². The molecule has 5 N–H and O–H groups in total. The number of nitrogens with one attached hydrogen (secondary N) is 3. The van der Waals surface area contributed by atoms with Gasteiger partial charge in [0.25, 0.3) is 0 Å². The van der Waals surface area contributed by atoms with E-state index in [1.165, 1.54) is 0 Å². The molecule has 0 aliphatic heterocycles. The molecule has 2 rings (SSSR count). The van der Waals surface area contributed by atoms with Crippen LogP contribution in [0.3, 0.4) is 0 Å². The van der Waals surface area contributed by atoms with Crippen molar-refractivity contribution in [1.29, 1.82) is 0 Å². The standard InChI is InChI=1S/C14H18N6O2S/c1-2-9-5-3-4-6-10(9)17-11(21)7-16-12(22)8-23-14-18-13(15)19-20-14/h3-6H,2,7-8H2,1H3,(H,16,22)(H,17,21)(H3,15,18,19,20). The Hall–Kier alpha value is -2.55. The van der Waals surface area contributed by atoms with Crippen LogP contribution < -0.4 is 16.4 Å². The van der Waals surface area contributed by atoms with E-state index < -0.39 is 0 Å². The first-order valence-corrected chi connectivity index (χ1v) is 8.02. The van der Waals surface area contributed by atoms with E-state index in [1.54, 1.807) is 0 Å². The van der Waals surface area contributed by atoms with E-state index in [9.17, 15) is 9.59 Å². The van der Waals surface area contributed by atoms with Gasteiger partial charge in [0.1, 0.15) is 0 Å². The molecule has 0 bridgehead atoms.